The monoisotopic (exact) mass is 512 g/mol. The highest BCUT2D eigenvalue weighted by Crippen LogP contribution is 2.26. The molecule has 0 bridgehead atoms. The molecule has 0 spiro atoms. The van der Waals surface area contributed by atoms with E-state index in [-0.39, 0.29) is 36.3 Å². The van der Waals surface area contributed by atoms with Crippen molar-refractivity contribution >= 4 is 47.2 Å². The molecule has 2 atom stereocenters. The Balaban J connectivity index is 2.57. The second-order valence-corrected chi connectivity index (χ2v) is 7.05. The van der Waals surface area contributed by atoms with Crippen molar-refractivity contribution in [2.24, 2.45) is 17.2 Å². The van der Waals surface area contributed by atoms with Gasteiger partial charge in [-0.05, 0) is 25.0 Å². The van der Waals surface area contributed by atoms with Gasteiger partial charge in [0.2, 0.25) is 11.7 Å². The number of rotatable bonds is 11. The van der Waals surface area contributed by atoms with Gasteiger partial charge in [-0.3, -0.25) is 9.59 Å². The van der Waals surface area contributed by atoms with E-state index in [1.54, 1.807) is 0 Å². The minimum Gasteiger partial charge on any atom is -0.423 e. The normalized spacial score (nSPS) is 11.9. The minimum atomic E-state index is -1.42. The summed E-state index contributed by atoms with van der Waals surface area (Å²) >= 11 is 0. The molecule has 0 aliphatic heterocycles. The Kier molecular flexibility index (Phi) is 11.4. The molecule has 196 valence electrons. The molecule has 1 aromatic rings. The average Bonchev–Trinajstić information content (AvgIpc) is 2.83. The van der Waals surface area contributed by atoms with Gasteiger partial charge in [0, 0.05) is 13.3 Å². The van der Waals surface area contributed by atoms with Crippen molar-refractivity contribution in [3.63, 3.8) is 0 Å². The van der Waals surface area contributed by atoms with Crippen molar-refractivity contribution in [3.05, 3.63) is 23.8 Å². The summed E-state index contributed by atoms with van der Waals surface area (Å²) in [5.74, 6) is -7.89. The molecule has 16 nitrogen and oxygen atoms in total. The van der Waals surface area contributed by atoms with Crippen LogP contribution >= 0.6 is 0 Å². The van der Waals surface area contributed by atoms with Crippen molar-refractivity contribution in [3.8, 4) is 5.75 Å². The number of benzene rings is 1. The fraction of sp³-hybridized carbons (Fsp3) is 0.350. The van der Waals surface area contributed by atoms with E-state index in [1.165, 1.54) is 12.1 Å². The molecular formula is C20H24N4O12. The maximum absolute atomic E-state index is 12.2. The fourth-order valence-corrected chi connectivity index (χ4v) is 2.17. The molecule has 1 aromatic carbocycles. The van der Waals surface area contributed by atoms with Gasteiger partial charge in [0.05, 0.1) is 17.7 Å². The molecule has 0 saturated heterocycles. The summed E-state index contributed by atoms with van der Waals surface area (Å²) in [6, 6.07) is 1.02. The molecule has 1 amide bonds. The molecule has 0 radical (unpaired) electrons. The number of anilines is 1. The third-order valence-corrected chi connectivity index (χ3v) is 4.16. The van der Waals surface area contributed by atoms with Gasteiger partial charge in [0.1, 0.15) is 12.1 Å². The highest BCUT2D eigenvalue weighted by molar-refractivity contribution is 6.32. The van der Waals surface area contributed by atoms with Gasteiger partial charge in [-0.2, -0.15) is 0 Å². The lowest BCUT2D eigenvalue weighted by Crippen LogP contribution is -2.36. The van der Waals surface area contributed by atoms with Crippen molar-refractivity contribution in [2.45, 2.75) is 44.7 Å². The van der Waals surface area contributed by atoms with Crippen LogP contribution in [0.15, 0.2) is 18.2 Å². The maximum atomic E-state index is 12.2. The molecule has 1 unspecified atom stereocenters. The van der Waals surface area contributed by atoms with Gasteiger partial charge in [-0.25, -0.2) is 43.5 Å². The molecule has 36 heavy (non-hydrogen) atoms. The number of ketones is 1. The van der Waals surface area contributed by atoms with E-state index in [0.717, 1.165) is 13.0 Å². The maximum Gasteiger partial charge on any atom is 0.421 e. The number of nitrogen functional groups attached to an aromatic ring is 1. The summed E-state index contributed by atoms with van der Waals surface area (Å²) in [5.41, 5.74) is 21.1. The Morgan fingerprint density at radius 2 is 1.44 bits per heavy atom. The van der Waals surface area contributed by atoms with Gasteiger partial charge in [0.15, 0.2) is 5.75 Å². The molecule has 0 fully saturated rings. The summed E-state index contributed by atoms with van der Waals surface area (Å²) in [7, 11) is 0. The third kappa shape index (κ3) is 9.74. The third-order valence-electron chi connectivity index (χ3n) is 4.16. The number of amides is 1. The Morgan fingerprint density at radius 1 is 0.833 bits per heavy atom. The van der Waals surface area contributed by atoms with Crippen LogP contribution in [-0.4, -0.2) is 53.6 Å². The Morgan fingerprint density at radius 3 is 2.06 bits per heavy atom. The second-order valence-electron chi connectivity index (χ2n) is 7.05. The average molecular weight is 512 g/mol. The van der Waals surface area contributed by atoms with Crippen LogP contribution in [0.4, 0.5) is 5.69 Å². The number of nitrogens with two attached hydrogens (primary N) is 4. The molecule has 8 N–H and O–H groups in total. The number of para-hydroxylation sites is 1. The number of hydrogen-bond acceptors (Lipinski definition) is 15. The van der Waals surface area contributed by atoms with Crippen LogP contribution in [0.5, 0.6) is 5.75 Å². The SMILES string of the molecule is CC(=O)C(=O)OOC(=O)c1cccc(OC(=O)[C@H](N)CCC(=O)OOC(=O)C(N)CCC(N)=O)c1N. The van der Waals surface area contributed by atoms with Crippen LogP contribution < -0.4 is 27.7 Å². The lowest BCUT2D eigenvalue weighted by molar-refractivity contribution is -0.260. The number of carbonyl (C=O) groups excluding carboxylic acids is 7. The molecule has 0 saturated carbocycles. The van der Waals surface area contributed by atoms with Crippen molar-refractivity contribution < 1.29 is 57.8 Å². The first-order valence-electron chi connectivity index (χ1n) is 10.1. The van der Waals surface area contributed by atoms with Crippen LogP contribution in [0, 0.1) is 0 Å². The van der Waals surface area contributed by atoms with Gasteiger partial charge in [-0.15, -0.1) is 0 Å². The lowest BCUT2D eigenvalue weighted by atomic mass is 10.1. The zero-order valence-electron chi connectivity index (χ0n) is 18.9. The molecule has 16 heteroatoms. The molecule has 0 aromatic heterocycles. The summed E-state index contributed by atoms with van der Waals surface area (Å²) in [4.78, 5) is 96.8. The second kappa shape index (κ2) is 14.0. The predicted octanol–water partition coefficient (Wildman–Crippen LogP) is -1.92. The first-order chi connectivity index (χ1) is 16.8. The zero-order chi connectivity index (χ0) is 27.4. The van der Waals surface area contributed by atoms with Crippen molar-refractivity contribution in [2.75, 3.05) is 5.73 Å². The van der Waals surface area contributed by atoms with Crippen LogP contribution in [0.3, 0.4) is 0 Å². The Hall–Kier alpha value is -4.57. The molecule has 0 aliphatic carbocycles. The highest BCUT2D eigenvalue weighted by Gasteiger charge is 2.24. The van der Waals surface area contributed by atoms with E-state index in [1.807, 2.05) is 0 Å². The minimum absolute atomic E-state index is 0.117. The largest absolute Gasteiger partial charge is 0.423 e. The summed E-state index contributed by atoms with van der Waals surface area (Å²) in [5, 5.41) is 0. The number of ether oxygens (including phenoxy) is 1. The molecule has 0 heterocycles. The Bertz CT molecular complexity index is 1040. The van der Waals surface area contributed by atoms with Gasteiger partial charge in [-0.1, -0.05) is 6.07 Å². The van der Waals surface area contributed by atoms with Crippen molar-refractivity contribution in [1.82, 2.24) is 0 Å². The molecular weight excluding hydrogens is 488 g/mol. The summed E-state index contributed by atoms with van der Waals surface area (Å²) in [6.07, 6.45) is -1.06. The first kappa shape index (κ1) is 29.5. The van der Waals surface area contributed by atoms with Gasteiger partial charge >= 0.3 is 29.8 Å². The van der Waals surface area contributed by atoms with Gasteiger partial charge in [0.25, 0.3) is 0 Å². The first-order valence-corrected chi connectivity index (χ1v) is 10.1. The van der Waals surface area contributed by atoms with Crippen molar-refractivity contribution in [1.29, 1.82) is 0 Å². The van der Waals surface area contributed by atoms with E-state index >= 15 is 0 Å². The van der Waals surface area contributed by atoms with Crippen LogP contribution in [0.1, 0.15) is 43.0 Å². The van der Waals surface area contributed by atoms with Crippen LogP contribution in [0.25, 0.3) is 0 Å². The topological polar surface area (TPSA) is 270 Å². The predicted molar refractivity (Wildman–Crippen MR) is 114 cm³/mol. The number of esters is 1. The smallest absolute Gasteiger partial charge is 0.421 e. The molecule has 0 aliphatic rings. The van der Waals surface area contributed by atoms with Crippen LogP contribution in [0.2, 0.25) is 0 Å². The number of carbonyl (C=O) groups is 7. The van der Waals surface area contributed by atoms with Crippen LogP contribution in [-0.2, 0) is 48.3 Å². The standard InChI is InChI=1S/C20H24N4O12/c1-9(25)17(28)34-35-18(29)10-3-2-4-13(16(10)24)32-19(30)11(21)6-8-15(27)33-36-20(31)12(22)5-7-14(23)26/h2-4,11-12H,5-8,21-22,24H2,1H3,(H2,23,26)/t11-,12?/m1/s1. The zero-order valence-corrected chi connectivity index (χ0v) is 18.9. The summed E-state index contributed by atoms with van der Waals surface area (Å²) in [6.45, 7) is 0.893. The van der Waals surface area contributed by atoms with E-state index < -0.39 is 60.0 Å². The number of hydrogen-bond donors (Lipinski definition) is 4. The molecule has 1 rings (SSSR count). The number of primary amides is 1. The quantitative estimate of drug-likeness (QED) is 0.0628. The number of Topliss-reactive ketones (excluding diaryl/α,β-unsaturated/α-hetero) is 1. The summed E-state index contributed by atoms with van der Waals surface area (Å²) < 4.78 is 5.02. The van der Waals surface area contributed by atoms with E-state index in [0.29, 0.717) is 0 Å². The van der Waals surface area contributed by atoms with Gasteiger partial charge < -0.3 is 27.7 Å². The Labute approximate surface area is 202 Å². The lowest BCUT2D eigenvalue weighted by Gasteiger charge is -2.13. The fourth-order valence-electron chi connectivity index (χ4n) is 2.17. The van der Waals surface area contributed by atoms with E-state index in [2.05, 4.69) is 19.6 Å². The van der Waals surface area contributed by atoms with E-state index in [4.69, 9.17) is 27.7 Å². The highest BCUT2D eigenvalue weighted by atomic mass is 17.2. The van der Waals surface area contributed by atoms with E-state index in [9.17, 15) is 33.6 Å².